The number of hydrazine groups is 1. The predicted molar refractivity (Wildman–Crippen MR) is 89.5 cm³/mol. The Bertz CT molecular complexity index is 702. The van der Waals surface area contributed by atoms with E-state index in [0.29, 0.717) is 17.9 Å². The van der Waals surface area contributed by atoms with E-state index in [9.17, 15) is 18.0 Å². The Morgan fingerprint density at radius 1 is 1.31 bits per heavy atom. The fourth-order valence-electron chi connectivity index (χ4n) is 2.71. The molecule has 3 rings (SSSR count). The number of hydroxylamine groups is 2. The van der Waals surface area contributed by atoms with Gasteiger partial charge >= 0.3 is 16.4 Å². The van der Waals surface area contributed by atoms with Gasteiger partial charge in [-0.05, 0) is 25.0 Å². The van der Waals surface area contributed by atoms with Gasteiger partial charge in [-0.25, -0.2) is 9.80 Å². The van der Waals surface area contributed by atoms with Crippen molar-refractivity contribution < 1.29 is 26.8 Å². The van der Waals surface area contributed by atoms with Gasteiger partial charge in [-0.3, -0.25) is 19.8 Å². The molecule has 11 nitrogen and oxygen atoms in total. The largest absolute Gasteiger partial charge is 0.418 e. The third kappa shape index (κ3) is 5.36. The van der Waals surface area contributed by atoms with Crippen LogP contribution in [0.25, 0.3) is 0 Å². The number of carbonyl (C=O) groups excluding carboxylic acids is 2. The minimum absolute atomic E-state index is 0.180. The lowest BCUT2D eigenvalue weighted by molar-refractivity contribution is -0.129. The summed E-state index contributed by atoms with van der Waals surface area (Å²) in [7, 11) is -1.48. The average Bonchev–Trinajstić information content (AvgIpc) is 2.80. The molecule has 2 aliphatic heterocycles. The molecule has 12 heteroatoms. The summed E-state index contributed by atoms with van der Waals surface area (Å²) < 4.78 is 34.4. The third-order valence-corrected chi connectivity index (χ3v) is 4.05. The topological polar surface area (TPSA) is 132 Å². The van der Waals surface area contributed by atoms with Crippen LogP contribution in [-0.2, 0) is 19.5 Å². The molecule has 2 fully saturated rings. The number of hydrogen-bond acceptors (Lipinski definition) is 7. The van der Waals surface area contributed by atoms with Gasteiger partial charge in [0.05, 0.1) is 6.04 Å². The van der Waals surface area contributed by atoms with Gasteiger partial charge in [-0.2, -0.15) is 13.5 Å². The highest BCUT2D eigenvalue weighted by atomic mass is 32.3. The predicted octanol–water partition coefficient (Wildman–Crippen LogP) is -0.336. The Hall–Kier alpha value is -2.28. The Morgan fingerprint density at radius 3 is 2.42 bits per heavy atom. The van der Waals surface area contributed by atoms with Crippen molar-refractivity contribution in [3.05, 3.63) is 30.6 Å². The van der Waals surface area contributed by atoms with Crippen LogP contribution in [0.1, 0.15) is 12.8 Å². The Labute approximate surface area is 151 Å². The number of rotatable bonds is 4. The number of nitrogens with zero attached hydrogens (tertiary/aromatic N) is 4. The van der Waals surface area contributed by atoms with E-state index < -0.39 is 28.5 Å². The van der Waals surface area contributed by atoms with Crippen LogP contribution in [0.5, 0.6) is 0 Å². The third-order valence-electron chi connectivity index (χ3n) is 3.70. The summed E-state index contributed by atoms with van der Waals surface area (Å²) in [6, 6.07) is 3.79. The summed E-state index contributed by atoms with van der Waals surface area (Å²) in [6.45, 7) is 0.180. The molecule has 1 aromatic heterocycles. The first-order chi connectivity index (χ1) is 12.2. The van der Waals surface area contributed by atoms with E-state index in [4.69, 9.17) is 4.55 Å². The summed E-state index contributed by atoms with van der Waals surface area (Å²) in [6.07, 6.45) is 4.30. The Morgan fingerprint density at radius 2 is 1.96 bits per heavy atom. The number of pyridine rings is 1. The molecular weight excluding hydrogens is 366 g/mol. The van der Waals surface area contributed by atoms with E-state index in [2.05, 4.69) is 14.7 Å². The lowest BCUT2D eigenvalue weighted by atomic mass is 10.0. The average molecular weight is 387 g/mol. The van der Waals surface area contributed by atoms with E-state index >= 15 is 0 Å². The number of piperidine rings is 1. The number of nitrogens with one attached hydrogen (secondary N) is 1. The second-order valence-electron chi connectivity index (χ2n) is 5.91. The highest BCUT2D eigenvalue weighted by molar-refractivity contribution is 7.80. The van der Waals surface area contributed by atoms with Crippen molar-refractivity contribution in [2.24, 2.45) is 0 Å². The van der Waals surface area contributed by atoms with Crippen molar-refractivity contribution in [1.29, 1.82) is 0 Å². The highest BCUT2D eigenvalue weighted by Gasteiger charge is 2.49. The van der Waals surface area contributed by atoms with Gasteiger partial charge in [0, 0.05) is 33.0 Å². The normalized spacial score (nSPS) is 22.1. The van der Waals surface area contributed by atoms with E-state index in [1.807, 2.05) is 18.2 Å². The lowest BCUT2D eigenvalue weighted by Gasteiger charge is -2.30. The van der Waals surface area contributed by atoms with Crippen molar-refractivity contribution in [3.8, 4) is 0 Å². The second-order valence-corrected chi connectivity index (χ2v) is 6.91. The standard InChI is InChI=1S/C9H16N4O6S.C5H5N/c1-11(2)10-8(14)7-4-3-6-5-12(7)9(15)13(6)19-20(16,17)18;1-2-4-6-5-3-1/h6-7H,3-5H2,1-2H3,(H,10,14)(H,16,17,18);1-5H/t6-,7+;/m1./s1. The van der Waals surface area contributed by atoms with Gasteiger partial charge in [0.15, 0.2) is 0 Å². The summed E-state index contributed by atoms with van der Waals surface area (Å²) >= 11 is 0. The molecule has 2 saturated heterocycles. The van der Waals surface area contributed by atoms with E-state index in [1.165, 1.54) is 9.91 Å². The molecule has 0 aromatic carbocycles. The molecule has 144 valence electrons. The molecule has 3 heterocycles. The van der Waals surface area contributed by atoms with Gasteiger partial charge in [-0.15, -0.1) is 4.28 Å². The number of urea groups is 1. The molecule has 2 atom stereocenters. The fourth-order valence-corrected chi connectivity index (χ4v) is 3.10. The van der Waals surface area contributed by atoms with Crippen LogP contribution in [-0.4, -0.2) is 77.6 Å². The quantitative estimate of drug-likeness (QED) is 0.530. The van der Waals surface area contributed by atoms with Crippen molar-refractivity contribution in [3.63, 3.8) is 0 Å². The molecule has 26 heavy (non-hydrogen) atoms. The molecule has 0 radical (unpaired) electrons. The lowest BCUT2D eigenvalue weighted by Crippen LogP contribution is -2.52. The number of carbonyl (C=O) groups is 2. The van der Waals surface area contributed by atoms with Crippen molar-refractivity contribution in [2.45, 2.75) is 24.9 Å². The molecule has 1 aromatic rings. The molecule has 2 bridgehead atoms. The molecule has 0 aliphatic carbocycles. The summed E-state index contributed by atoms with van der Waals surface area (Å²) in [4.78, 5) is 29.0. The highest BCUT2D eigenvalue weighted by Crippen LogP contribution is 2.30. The van der Waals surface area contributed by atoms with E-state index in [1.54, 1.807) is 26.5 Å². The molecule has 3 amide bonds. The first-order valence-electron chi connectivity index (χ1n) is 7.78. The van der Waals surface area contributed by atoms with Gasteiger partial charge in [-0.1, -0.05) is 6.07 Å². The monoisotopic (exact) mass is 387 g/mol. The molecular formula is C14H21N5O6S. The van der Waals surface area contributed by atoms with Crippen LogP contribution in [0.4, 0.5) is 4.79 Å². The number of amides is 3. The summed E-state index contributed by atoms with van der Waals surface area (Å²) in [5.41, 5.74) is 2.55. The minimum atomic E-state index is -4.77. The Kier molecular flexibility index (Phi) is 6.47. The SMILES string of the molecule is CN(C)NC(=O)[C@@H]1CC[C@@H]2CN1C(=O)N2OS(=O)(=O)O.c1ccncc1. The molecule has 2 aliphatic rings. The maximum absolute atomic E-state index is 12.0. The molecule has 0 spiro atoms. The van der Waals surface area contributed by atoms with Gasteiger partial charge in [0.2, 0.25) is 0 Å². The maximum Gasteiger partial charge on any atom is 0.418 e. The fraction of sp³-hybridized carbons (Fsp3) is 0.500. The van der Waals surface area contributed by atoms with Crippen LogP contribution >= 0.6 is 0 Å². The molecule has 0 saturated carbocycles. The van der Waals surface area contributed by atoms with Gasteiger partial charge < -0.3 is 4.90 Å². The van der Waals surface area contributed by atoms with Crippen LogP contribution < -0.4 is 5.43 Å². The zero-order chi connectivity index (χ0) is 19.3. The maximum atomic E-state index is 12.0. The first kappa shape index (κ1) is 20.0. The smallest absolute Gasteiger partial charge is 0.309 e. The van der Waals surface area contributed by atoms with Crippen molar-refractivity contribution >= 4 is 22.3 Å². The van der Waals surface area contributed by atoms with Crippen LogP contribution in [0.15, 0.2) is 30.6 Å². The van der Waals surface area contributed by atoms with Crippen molar-refractivity contribution in [2.75, 3.05) is 20.6 Å². The molecule has 2 N–H and O–H groups in total. The number of aromatic nitrogens is 1. The molecule has 0 unspecified atom stereocenters. The van der Waals surface area contributed by atoms with Gasteiger partial charge in [0.25, 0.3) is 5.91 Å². The van der Waals surface area contributed by atoms with Gasteiger partial charge in [0.1, 0.15) is 6.04 Å². The van der Waals surface area contributed by atoms with E-state index in [-0.39, 0.29) is 12.5 Å². The van der Waals surface area contributed by atoms with Crippen LogP contribution in [0.2, 0.25) is 0 Å². The summed E-state index contributed by atoms with van der Waals surface area (Å²) in [5, 5.41) is 2.07. The number of fused-ring (bicyclic) bond motifs is 2. The van der Waals surface area contributed by atoms with E-state index in [0.717, 1.165) is 0 Å². The second kappa shape index (κ2) is 8.40. The van der Waals surface area contributed by atoms with Crippen LogP contribution in [0.3, 0.4) is 0 Å². The minimum Gasteiger partial charge on any atom is -0.309 e. The number of hydrogen-bond donors (Lipinski definition) is 2. The Balaban J connectivity index is 0.000000342. The van der Waals surface area contributed by atoms with Crippen molar-refractivity contribution in [1.82, 2.24) is 25.4 Å². The first-order valence-corrected chi connectivity index (χ1v) is 9.15. The van der Waals surface area contributed by atoms with Crippen LogP contribution in [0, 0.1) is 0 Å². The zero-order valence-corrected chi connectivity index (χ0v) is 15.2. The zero-order valence-electron chi connectivity index (χ0n) is 14.3. The summed E-state index contributed by atoms with van der Waals surface area (Å²) in [5.74, 6) is -0.351.